The SMILES string of the molecule is COc1ccccc1C(C)NC(C)c1c(F)cccc1F. The van der Waals surface area contributed by atoms with Crippen LogP contribution in [0, 0.1) is 11.6 Å². The van der Waals surface area contributed by atoms with Gasteiger partial charge in [-0.25, -0.2) is 8.78 Å². The summed E-state index contributed by atoms with van der Waals surface area (Å²) >= 11 is 0. The number of rotatable bonds is 5. The predicted molar refractivity (Wildman–Crippen MR) is 79.3 cm³/mol. The van der Waals surface area contributed by atoms with Crippen LogP contribution in [0.2, 0.25) is 0 Å². The first kappa shape index (κ1) is 15.4. The van der Waals surface area contributed by atoms with Gasteiger partial charge in [0.05, 0.1) is 7.11 Å². The Kier molecular flexibility index (Phi) is 4.91. The summed E-state index contributed by atoms with van der Waals surface area (Å²) in [7, 11) is 1.60. The third kappa shape index (κ3) is 3.39. The van der Waals surface area contributed by atoms with Gasteiger partial charge in [-0.05, 0) is 32.0 Å². The Bertz CT molecular complexity index is 595. The van der Waals surface area contributed by atoms with Crippen LogP contribution in [0.15, 0.2) is 42.5 Å². The number of ether oxygens (including phenoxy) is 1. The van der Waals surface area contributed by atoms with Crippen molar-refractivity contribution in [2.45, 2.75) is 25.9 Å². The topological polar surface area (TPSA) is 21.3 Å². The molecular formula is C17H19F2NO. The van der Waals surface area contributed by atoms with Crippen molar-refractivity contribution in [3.05, 3.63) is 65.2 Å². The first-order valence-electron chi connectivity index (χ1n) is 6.87. The van der Waals surface area contributed by atoms with Gasteiger partial charge in [0.25, 0.3) is 0 Å². The highest BCUT2D eigenvalue weighted by atomic mass is 19.1. The summed E-state index contributed by atoms with van der Waals surface area (Å²) in [6.45, 7) is 3.68. The molecule has 2 atom stereocenters. The molecule has 4 heteroatoms. The number of hydrogen-bond acceptors (Lipinski definition) is 2. The molecule has 0 bridgehead atoms. The fraction of sp³-hybridized carbons (Fsp3) is 0.294. The van der Waals surface area contributed by atoms with Gasteiger partial charge in [0.15, 0.2) is 0 Å². The highest BCUT2D eigenvalue weighted by molar-refractivity contribution is 5.36. The predicted octanol–water partition coefficient (Wildman–Crippen LogP) is 4.39. The van der Waals surface area contributed by atoms with E-state index in [4.69, 9.17) is 4.74 Å². The van der Waals surface area contributed by atoms with Crippen molar-refractivity contribution in [1.29, 1.82) is 0 Å². The maximum Gasteiger partial charge on any atom is 0.130 e. The van der Waals surface area contributed by atoms with Gasteiger partial charge in [0, 0.05) is 23.2 Å². The molecule has 0 saturated heterocycles. The molecule has 0 aliphatic rings. The van der Waals surface area contributed by atoms with Crippen LogP contribution < -0.4 is 10.1 Å². The van der Waals surface area contributed by atoms with Crippen LogP contribution >= 0.6 is 0 Å². The molecule has 112 valence electrons. The molecule has 2 nitrogen and oxygen atoms in total. The summed E-state index contributed by atoms with van der Waals surface area (Å²) in [5.74, 6) is -0.330. The summed E-state index contributed by atoms with van der Waals surface area (Å²) in [6, 6.07) is 10.9. The minimum atomic E-state index is -0.540. The molecular weight excluding hydrogens is 272 g/mol. The second kappa shape index (κ2) is 6.68. The number of benzene rings is 2. The first-order chi connectivity index (χ1) is 10.0. The van der Waals surface area contributed by atoms with Crippen molar-refractivity contribution in [3.8, 4) is 5.75 Å². The molecule has 0 spiro atoms. The molecule has 0 aliphatic heterocycles. The molecule has 2 aromatic carbocycles. The lowest BCUT2D eigenvalue weighted by molar-refractivity contribution is 0.393. The van der Waals surface area contributed by atoms with E-state index in [1.807, 2.05) is 31.2 Å². The van der Waals surface area contributed by atoms with Crippen LogP contribution in [0.25, 0.3) is 0 Å². The number of nitrogens with one attached hydrogen (secondary N) is 1. The van der Waals surface area contributed by atoms with E-state index in [9.17, 15) is 8.78 Å². The molecule has 0 fully saturated rings. The highest BCUT2D eigenvalue weighted by Gasteiger charge is 2.19. The Morgan fingerprint density at radius 3 is 2.14 bits per heavy atom. The van der Waals surface area contributed by atoms with Crippen molar-refractivity contribution in [3.63, 3.8) is 0 Å². The molecule has 0 aliphatic carbocycles. The monoisotopic (exact) mass is 291 g/mol. The van der Waals surface area contributed by atoms with Crippen LogP contribution in [0.5, 0.6) is 5.75 Å². The van der Waals surface area contributed by atoms with Gasteiger partial charge in [-0.15, -0.1) is 0 Å². The average Bonchev–Trinajstić information content (AvgIpc) is 2.46. The zero-order chi connectivity index (χ0) is 15.4. The van der Waals surface area contributed by atoms with Crippen LogP contribution in [-0.2, 0) is 0 Å². The number of halogens is 2. The van der Waals surface area contributed by atoms with Crippen LogP contribution in [0.1, 0.15) is 37.1 Å². The van der Waals surface area contributed by atoms with E-state index >= 15 is 0 Å². The van der Waals surface area contributed by atoms with Crippen LogP contribution in [-0.4, -0.2) is 7.11 Å². The Labute approximate surface area is 123 Å². The fourth-order valence-electron chi connectivity index (χ4n) is 2.50. The summed E-state index contributed by atoms with van der Waals surface area (Å²) in [4.78, 5) is 0. The molecule has 0 saturated carbocycles. The van der Waals surface area contributed by atoms with E-state index in [0.29, 0.717) is 0 Å². The normalized spacial score (nSPS) is 13.8. The van der Waals surface area contributed by atoms with E-state index < -0.39 is 17.7 Å². The second-order valence-electron chi connectivity index (χ2n) is 4.99. The van der Waals surface area contributed by atoms with Gasteiger partial charge < -0.3 is 10.1 Å². The fourth-order valence-corrected chi connectivity index (χ4v) is 2.50. The van der Waals surface area contributed by atoms with Crippen LogP contribution in [0.4, 0.5) is 8.78 Å². The molecule has 21 heavy (non-hydrogen) atoms. The third-order valence-electron chi connectivity index (χ3n) is 3.54. The molecule has 1 N–H and O–H groups in total. The lowest BCUT2D eigenvalue weighted by Gasteiger charge is -2.23. The van der Waals surface area contributed by atoms with Crippen molar-refractivity contribution in [1.82, 2.24) is 5.32 Å². The molecule has 2 unspecified atom stereocenters. The second-order valence-corrected chi connectivity index (χ2v) is 4.99. The quantitative estimate of drug-likeness (QED) is 0.882. The Morgan fingerprint density at radius 2 is 1.52 bits per heavy atom. The van der Waals surface area contributed by atoms with Gasteiger partial charge in [-0.2, -0.15) is 0 Å². The van der Waals surface area contributed by atoms with Crippen molar-refractivity contribution < 1.29 is 13.5 Å². The minimum Gasteiger partial charge on any atom is -0.496 e. The van der Waals surface area contributed by atoms with E-state index in [-0.39, 0.29) is 11.6 Å². The van der Waals surface area contributed by atoms with Crippen molar-refractivity contribution >= 4 is 0 Å². The zero-order valence-electron chi connectivity index (χ0n) is 12.4. The number of methoxy groups -OCH3 is 1. The molecule has 0 aromatic heterocycles. The van der Waals surface area contributed by atoms with Gasteiger partial charge in [0.1, 0.15) is 17.4 Å². The summed E-state index contributed by atoms with van der Waals surface area (Å²) in [5, 5.41) is 3.21. The smallest absolute Gasteiger partial charge is 0.130 e. The highest BCUT2D eigenvalue weighted by Crippen LogP contribution is 2.28. The van der Waals surface area contributed by atoms with E-state index in [0.717, 1.165) is 11.3 Å². The van der Waals surface area contributed by atoms with Gasteiger partial charge in [-0.3, -0.25) is 0 Å². The summed E-state index contributed by atoms with van der Waals surface area (Å²) in [6.07, 6.45) is 0. The zero-order valence-corrected chi connectivity index (χ0v) is 12.4. The number of hydrogen-bond donors (Lipinski definition) is 1. The molecule has 0 heterocycles. The van der Waals surface area contributed by atoms with Gasteiger partial charge >= 0.3 is 0 Å². The lowest BCUT2D eigenvalue weighted by atomic mass is 10.0. The summed E-state index contributed by atoms with van der Waals surface area (Å²) < 4.78 is 32.9. The van der Waals surface area contributed by atoms with Crippen molar-refractivity contribution in [2.24, 2.45) is 0 Å². The largest absolute Gasteiger partial charge is 0.496 e. The van der Waals surface area contributed by atoms with E-state index in [2.05, 4.69) is 5.32 Å². The third-order valence-corrected chi connectivity index (χ3v) is 3.54. The maximum atomic E-state index is 13.8. The van der Waals surface area contributed by atoms with Gasteiger partial charge in [0.2, 0.25) is 0 Å². The number of para-hydroxylation sites is 1. The molecule has 2 rings (SSSR count). The van der Waals surface area contributed by atoms with Crippen molar-refractivity contribution in [2.75, 3.05) is 7.11 Å². The molecule has 0 amide bonds. The standard InChI is InChI=1S/C17H19F2NO/c1-11(13-7-4-5-10-16(13)21-3)20-12(2)17-14(18)8-6-9-15(17)19/h4-12,20H,1-3H3. The maximum absolute atomic E-state index is 13.8. The summed E-state index contributed by atoms with van der Waals surface area (Å²) in [5.41, 5.74) is 1.00. The van der Waals surface area contributed by atoms with Gasteiger partial charge in [-0.1, -0.05) is 24.3 Å². The Balaban J connectivity index is 2.21. The average molecular weight is 291 g/mol. The van der Waals surface area contributed by atoms with Crippen LogP contribution in [0.3, 0.4) is 0 Å². The Morgan fingerprint density at radius 1 is 0.905 bits per heavy atom. The Hall–Kier alpha value is -1.94. The molecule has 0 radical (unpaired) electrons. The van der Waals surface area contributed by atoms with E-state index in [1.165, 1.54) is 18.2 Å². The first-order valence-corrected chi connectivity index (χ1v) is 6.87. The minimum absolute atomic E-state index is 0.0549. The van der Waals surface area contributed by atoms with E-state index in [1.54, 1.807) is 14.0 Å². The lowest BCUT2D eigenvalue weighted by Crippen LogP contribution is -2.24. The molecule has 2 aromatic rings.